The average Bonchev–Trinajstić information content (AvgIpc) is 2.82. The van der Waals surface area contributed by atoms with Crippen LogP contribution < -0.4 is 20.3 Å². The Labute approximate surface area is 197 Å². The number of carbonyl (C=O) groups is 2. The van der Waals surface area contributed by atoms with E-state index in [1.54, 1.807) is 7.11 Å². The third kappa shape index (κ3) is 7.06. The van der Waals surface area contributed by atoms with Gasteiger partial charge in [0.1, 0.15) is 5.75 Å². The molecule has 6 heteroatoms. The third-order valence-corrected chi connectivity index (χ3v) is 6.03. The molecule has 0 radical (unpaired) electrons. The molecule has 0 atom stereocenters. The maximum absolute atomic E-state index is 13.0. The molecule has 33 heavy (non-hydrogen) atoms. The topological polar surface area (TPSA) is 70.7 Å². The molecule has 2 amide bonds. The molecule has 0 fully saturated rings. The molecule has 0 bridgehead atoms. The van der Waals surface area contributed by atoms with Crippen LogP contribution in [0.15, 0.2) is 42.5 Å². The number of nitrogens with one attached hydrogen (secondary N) is 2. The summed E-state index contributed by atoms with van der Waals surface area (Å²) in [6.45, 7) is 6.58. The highest BCUT2D eigenvalue weighted by Gasteiger charge is 2.22. The first-order valence-corrected chi connectivity index (χ1v) is 12.1. The molecule has 0 aliphatic carbocycles. The lowest BCUT2D eigenvalue weighted by molar-refractivity contribution is -0.121. The van der Waals surface area contributed by atoms with Crippen LogP contribution in [0.3, 0.4) is 0 Å². The van der Waals surface area contributed by atoms with Crippen molar-refractivity contribution in [2.24, 2.45) is 5.92 Å². The first kappa shape index (κ1) is 24.8. The van der Waals surface area contributed by atoms with Crippen LogP contribution in [0.5, 0.6) is 5.75 Å². The van der Waals surface area contributed by atoms with Crippen molar-refractivity contribution in [2.75, 3.05) is 25.1 Å². The first-order valence-electron chi connectivity index (χ1n) is 12.1. The molecular formula is C27H37N3O3. The van der Waals surface area contributed by atoms with E-state index in [1.165, 1.54) is 12.8 Å². The lowest BCUT2D eigenvalue weighted by Gasteiger charge is -2.28. The minimum absolute atomic E-state index is 0.0791. The largest absolute Gasteiger partial charge is 0.497 e. The maximum Gasteiger partial charge on any atom is 0.251 e. The molecule has 0 saturated carbocycles. The number of carbonyl (C=O) groups excluding carboxylic acids is 2. The number of hydrogen-bond acceptors (Lipinski definition) is 4. The molecule has 2 N–H and O–H groups in total. The molecule has 3 rings (SSSR count). The van der Waals surface area contributed by atoms with Crippen molar-refractivity contribution in [3.63, 3.8) is 0 Å². The number of rotatable bonds is 5. The standard InChI is InChI=1S/C27H37N3O3/c1-20(2)27(32)30-15-8-6-4-5-7-14-28-19-23-17-22(12-13-25(23)30)26(31)29-18-21-10-9-11-24(16-21)33-3/h9-13,16-17,20,28H,4-8,14-15,18-19H2,1-3H3,(H,29,31). The van der Waals surface area contributed by atoms with Crippen LogP contribution in [0.2, 0.25) is 0 Å². The van der Waals surface area contributed by atoms with Crippen LogP contribution in [0.4, 0.5) is 5.69 Å². The summed E-state index contributed by atoms with van der Waals surface area (Å²) in [6.07, 6.45) is 5.66. The van der Waals surface area contributed by atoms with Gasteiger partial charge in [0.25, 0.3) is 5.91 Å². The second-order valence-corrected chi connectivity index (χ2v) is 8.97. The monoisotopic (exact) mass is 451 g/mol. The van der Waals surface area contributed by atoms with E-state index in [2.05, 4.69) is 10.6 Å². The van der Waals surface area contributed by atoms with E-state index in [0.29, 0.717) is 25.2 Å². The Morgan fingerprint density at radius 2 is 1.85 bits per heavy atom. The van der Waals surface area contributed by atoms with Gasteiger partial charge in [-0.1, -0.05) is 45.2 Å². The van der Waals surface area contributed by atoms with Gasteiger partial charge in [-0.05, 0) is 60.8 Å². The minimum Gasteiger partial charge on any atom is -0.497 e. The number of anilines is 1. The summed E-state index contributed by atoms with van der Waals surface area (Å²) in [5.41, 5.74) is 3.47. The maximum atomic E-state index is 13.0. The van der Waals surface area contributed by atoms with Gasteiger partial charge in [0, 0.05) is 36.8 Å². The van der Waals surface area contributed by atoms with Gasteiger partial charge in [-0.2, -0.15) is 0 Å². The summed E-state index contributed by atoms with van der Waals surface area (Å²) in [7, 11) is 1.63. The predicted molar refractivity (Wildman–Crippen MR) is 133 cm³/mol. The summed E-state index contributed by atoms with van der Waals surface area (Å²) in [4.78, 5) is 27.9. The molecule has 1 heterocycles. The molecular weight excluding hydrogens is 414 g/mol. The van der Waals surface area contributed by atoms with Crippen LogP contribution in [-0.4, -0.2) is 32.0 Å². The molecule has 2 aromatic rings. The van der Waals surface area contributed by atoms with Crippen LogP contribution in [-0.2, 0) is 17.9 Å². The number of amides is 2. The fraction of sp³-hybridized carbons (Fsp3) is 0.481. The molecule has 178 valence electrons. The smallest absolute Gasteiger partial charge is 0.251 e. The van der Waals surface area contributed by atoms with Crippen molar-refractivity contribution in [3.8, 4) is 5.75 Å². The molecule has 2 aromatic carbocycles. The Kier molecular flexibility index (Phi) is 9.31. The highest BCUT2D eigenvalue weighted by molar-refractivity contribution is 5.98. The summed E-state index contributed by atoms with van der Waals surface area (Å²) in [5.74, 6) is 0.684. The molecule has 1 aliphatic heterocycles. The Morgan fingerprint density at radius 3 is 2.64 bits per heavy atom. The van der Waals surface area contributed by atoms with E-state index in [1.807, 2.05) is 61.2 Å². The van der Waals surface area contributed by atoms with Crippen molar-refractivity contribution in [1.82, 2.24) is 10.6 Å². The minimum atomic E-state index is -0.131. The third-order valence-electron chi connectivity index (χ3n) is 6.03. The quantitative estimate of drug-likeness (QED) is 0.693. The Bertz CT molecular complexity index is 942. The summed E-state index contributed by atoms with van der Waals surface area (Å²) >= 11 is 0. The second-order valence-electron chi connectivity index (χ2n) is 8.97. The van der Waals surface area contributed by atoms with E-state index in [9.17, 15) is 9.59 Å². The highest BCUT2D eigenvalue weighted by atomic mass is 16.5. The lowest BCUT2D eigenvalue weighted by Crippen LogP contribution is -2.36. The van der Waals surface area contributed by atoms with Crippen molar-refractivity contribution in [2.45, 2.75) is 59.0 Å². The fourth-order valence-electron chi connectivity index (χ4n) is 4.13. The Hall–Kier alpha value is -2.86. The average molecular weight is 452 g/mol. The zero-order valence-corrected chi connectivity index (χ0v) is 20.2. The van der Waals surface area contributed by atoms with Crippen molar-refractivity contribution >= 4 is 17.5 Å². The fourth-order valence-corrected chi connectivity index (χ4v) is 4.13. The van der Waals surface area contributed by atoms with Gasteiger partial charge < -0.3 is 20.3 Å². The van der Waals surface area contributed by atoms with Gasteiger partial charge in [-0.3, -0.25) is 9.59 Å². The van der Waals surface area contributed by atoms with Gasteiger partial charge in [0.2, 0.25) is 5.91 Å². The van der Waals surface area contributed by atoms with E-state index in [-0.39, 0.29) is 17.7 Å². The van der Waals surface area contributed by atoms with Gasteiger partial charge >= 0.3 is 0 Å². The second kappa shape index (κ2) is 12.4. The molecule has 0 unspecified atom stereocenters. The Balaban J connectivity index is 1.82. The van der Waals surface area contributed by atoms with E-state index in [4.69, 9.17) is 4.74 Å². The predicted octanol–water partition coefficient (Wildman–Crippen LogP) is 4.67. The van der Waals surface area contributed by atoms with E-state index in [0.717, 1.165) is 48.4 Å². The number of nitrogens with zero attached hydrogens (tertiary/aromatic N) is 1. The normalized spacial score (nSPS) is 15.2. The van der Waals surface area contributed by atoms with E-state index >= 15 is 0 Å². The molecule has 6 nitrogen and oxygen atoms in total. The molecule has 0 saturated heterocycles. The van der Waals surface area contributed by atoms with Crippen LogP contribution in [0, 0.1) is 5.92 Å². The van der Waals surface area contributed by atoms with Gasteiger partial charge in [0.05, 0.1) is 7.11 Å². The van der Waals surface area contributed by atoms with Crippen molar-refractivity contribution in [1.29, 1.82) is 0 Å². The molecule has 1 aliphatic rings. The van der Waals surface area contributed by atoms with Gasteiger partial charge in [0.15, 0.2) is 0 Å². The van der Waals surface area contributed by atoms with Crippen LogP contribution in [0.1, 0.15) is 67.4 Å². The first-order chi connectivity index (χ1) is 16.0. The highest BCUT2D eigenvalue weighted by Crippen LogP contribution is 2.26. The zero-order valence-electron chi connectivity index (χ0n) is 20.2. The number of fused-ring (bicyclic) bond motifs is 1. The van der Waals surface area contributed by atoms with Crippen LogP contribution >= 0.6 is 0 Å². The summed E-state index contributed by atoms with van der Waals surface area (Å²) < 4.78 is 5.26. The van der Waals surface area contributed by atoms with E-state index < -0.39 is 0 Å². The summed E-state index contributed by atoms with van der Waals surface area (Å²) in [6, 6.07) is 13.4. The zero-order chi connectivity index (χ0) is 23.6. The lowest BCUT2D eigenvalue weighted by atomic mass is 10.0. The van der Waals surface area contributed by atoms with Crippen molar-refractivity contribution in [3.05, 3.63) is 59.2 Å². The van der Waals surface area contributed by atoms with Crippen LogP contribution in [0.25, 0.3) is 0 Å². The number of hydrogen-bond donors (Lipinski definition) is 2. The number of methoxy groups -OCH3 is 1. The van der Waals surface area contributed by atoms with Crippen molar-refractivity contribution < 1.29 is 14.3 Å². The summed E-state index contributed by atoms with van der Waals surface area (Å²) in [5, 5.41) is 6.50. The van der Waals surface area contributed by atoms with Gasteiger partial charge in [-0.25, -0.2) is 0 Å². The van der Waals surface area contributed by atoms with Gasteiger partial charge in [-0.15, -0.1) is 0 Å². The SMILES string of the molecule is COc1cccc(CNC(=O)c2ccc3c(c2)CNCCCCCCCN3C(=O)C(C)C)c1. The Morgan fingerprint density at radius 1 is 1.06 bits per heavy atom. The molecule has 0 aromatic heterocycles. The molecule has 0 spiro atoms. The number of ether oxygens (including phenoxy) is 1. The number of benzene rings is 2.